The molecule has 0 unspecified atom stereocenters. The minimum Gasteiger partial charge on any atom is -0.462 e. The maximum atomic E-state index is 13.4. The summed E-state index contributed by atoms with van der Waals surface area (Å²) < 4.78 is 27.0. The minimum absolute atomic E-state index is 0.136. The van der Waals surface area contributed by atoms with Crippen LogP contribution in [0.3, 0.4) is 0 Å². The Bertz CT molecular complexity index is 1050. The zero-order valence-corrected chi connectivity index (χ0v) is 19.6. The van der Waals surface area contributed by atoms with Gasteiger partial charge < -0.3 is 13.6 Å². The lowest BCUT2D eigenvalue weighted by atomic mass is 10.0. The molecular weight excluding hydrogens is 397 g/mol. The van der Waals surface area contributed by atoms with E-state index in [4.69, 9.17) is 9.16 Å². The predicted molar refractivity (Wildman–Crippen MR) is 121 cm³/mol. The highest BCUT2D eigenvalue weighted by molar-refractivity contribution is 6.74. The number of carbonyl (C=O) groups is 1. The standard InChI is InChI=1S/C24H30FNO3Si/c1-7-28-23(27)20-15-26-14-17(16-29-30(5,6)24(2,3)4)8-13-21(26)22(20)18-9-11-19(25)12-10-18/h8-15H,7,16H2,1-6H3. The van der Waals surface area contributed by atoms with Crippen molar-refractivity contribution >= 4 is 19.8 Å². The molecule has 0 spiro atoms. The van der Waals surface area contributed by atoms with Gasteiger partial charge in [-0.05, 0) is 54.4 Å². The van der Waals surface area contributed by atoms with Crippen molar-refractivity contribution in [2.75, 3.05) is 6.61 Å². The molecule has 0 amide bonds. The van der Waals surface area contributed by atoms with Gasteiger partial charge in [0, 0.05) is 18.0 Å². The first-order valence-electron chi connectivity index (χ1n) is 10.2. The fourth-order valence-electron chi connectivity index (χ4n) is 3.07. The van der Waals surface area contributed by atoms with Crippen molar-refractivity contribution in [2.45, 2.75) is 52.4 Å². The molecule has 2 heterocycles. The van der Waals surface area contributed by atoms with Crippen LogP contribution in [0.25, 0.3) is 16.6 Å². The van der Waals surface area contributed by atoms with Gasteiger partial charge in [-0.1, -0.05) is 39.0 Å². The zero-order valence-electron chi connectivity index (χ0n) is 18.6. The lowest BCUT2D eigenvalue weighted by molar-refractivity contribution is 0.0527. The molecular formula is C24H30FNO3Si. The molecule has 0 aliphatic rings. The number of fused-ring (bicyclic) bond motifs is 1. The molecule has 0 atom stereocenters. The molecule has 3 rings (SSSR count). The predicted octanol–water partition coefficient (Wildman–Crippen LogP) is 6.44. The Balaban J connectivity index is 2.02. The van der Waals surface area contributed by atoms with Crippen LogP contribution in [-0.2, 0) is 15.8 Å². The van der Waals surface area contributed by atoms with Gasteiger partial charge in [-0.3, -0.25) is 0 Å². The van der Waals surface area contributed by atoms with E-state index in [0.29, 0.717) is 18.8 Å². The maximum absolute atomic E-state index is 13.4. The molecule has 0 N–H and O–H groups in total. The number of esters is 1. The molecule has 0 bridgehead atoms. The molecule has 0 radical (unpaired) electrons. The normalized spacial score (nSPS) is 12.4. The van der Waals surface area contributed by atoms with Crippen LogP contribution in [0.2, 0.25) is 18.1 Å². The van der Waals surface area contributed by atoms with Crippen molar-refractivity contribution in [1.29, 1.82) is 0 Å². The van der Waals surface area contributed by atoms with Crippen LogP contribution in [0.1, 0.15) is 43.6 Å². The topological polar surface area (TPSA) is 39.9 Å². The van der Waals surface area contributed by atoms with Crippen molar-refractivity contribution in [3.63, 3.8) is 0 Å². The molecule has 160 valence electrons. The number of ether oxygens (including phenoxy) is 1. The number of nitrogens with zero attached hydrogens (tertiary/aromatic N) is 1. The summed E-state index contributed by atoms with van der Waals surface area (Å²) >= 11 is 0. The summed E-state index contributed by atoms with van der Waals surface area (Å²) in [6.07, 6.45) is 3.76. The Morgan fingerprint density at radius 1 is 1.07 bits per heavy atom. The van der Waals surface area contributed by atoms with E-state index in [0.717, 1.165) is 22.2 Å². The monoisotopic (exact) mass is 427 g/mol. The van der Waals surface area contributed by atoms with Crippen LogP contribution in [0.5, 0.6) is 0 Å². The highest BCUT2D eigenvalue weighted by Gasteiger charge is 2.37. The third-order valence-electron chi connectivity index (χ3n) is 5.87. The second-order valence-electron chi connectivity index (χ2n) is 9.02. The van der Waals surface area contributed by atoms with Crippen LogP contribution in [0, 0.1) is 5.82 Å². The summed E-state index contributed by atoms with van der Waals surface area (Å²) in [7, 11) is -1.87. The van der Waals surface area contributed by atoms with E-state index in [1.165, 1.54) is 12.1 Å². The fraction of sp³-hybridized carbons (Fsp3) is 0.375. The van der Waals surface area contributed by atoms with E-state index in [1.807, 2.05) is 22.7 Å². The maximum Gasteiger partial charge on any atom is 0.340 e. The van der Waals surface area contributed by atoms with E-state index in [1.54, 1.807) is 25.3 Å². The van der Waals surface area contributed by atoms with Gasteiger partial charge >= 0.3 is 5.97 Å². The summed E-state index contributed by atoms with van der Waals surface area (Å²) in [5.74, 6) is -0.704. The van der Waals surface area contributed by atoms with E-state index in [-0.39, 0.29) is 16.8 Å². The molecule has 6 heteroatoms. The number of benzene rings is 1. The van der Waals surface area contributed by atoms with E-state index >= 15 is 0 Å². The molecule has 2 aromatic heterocycles. The van der Waals surface area contributed by atoms with Crippen molar-refractivity contribution in [3.05, 3.63) is 65.7 Å². The lowest BCUT2D eigenvalue weighted by Crippen LogP contribution is -2.40. The summed E-state index contributed by atoms with van der Waals surface area (Å²) in [5, 5.41) is 0.136. The van der Waals surface area contributed by atoms with Gasteiger partial charge in [0.25, 0.3) is 0 Å². The SMILES string of the molecule is CCOC(=O)c1cn2cc(CO[Si](C)(C)C(C)(C)C)ccc2c1-c1ccc(F)cc1. The molecule has 0 saturated heterocycles. The zero-order chi connectivity index (χ0) is 22.1. The summed E-state index contributed by atoms with van der Waals surface area (Å²) in [4.78, 5) is 12.6. The number of rotatable bonds is 6. The first kappa shape index (κ1) is 22.2. The fourth-order valence-corrected chi connectivity index (χ4v) is 4.03. The van der Waals surface area contributed by atoms with Gasteiger partial charge in [0.1, 0.15) is 5.82 Å². The Morgan fingerprint density at radius 3 is 2.33 bits per heavy atom. The molecule has 0 aliphatic heterocycles. The van der Waals surface area contributed by atoms with Crippen LogP contribution in [0.4, 0.5) is 4.39 Å². The van der Waals surface area contributed by atoms with Crippen molar-refractivity contribution in [3.8, 4) is 11.1 Å². The number of pyridine rings is 1. The summed E-state index contributed by atoms with van der Waals surface area (Å²) in [6, 6.07) is 10.2. The van der Waals surface area contributed by atoms with Gasteiger partial charge in [0.05, 0.1) is 24.3 Å². The average molecular weight is 428 g/mol. The molecule has 0 fully saturated rings. The third kappa shape index (κ3) is 4.49. The number of hydrogen-bond acceptors (Lipinski definition) is 3. The molecule has 30 heavy (non-hydrogen) atoms. The first-order chi connectivity index (χ1) is 14.0. The van der Waals surface area contributed by atoms with Crippen molar-refractivity contribution in [1.82, 2.24) is 4.40 Å². The number of hydrogen-bond donors (Lipinski definition) is 0. The third-order valence-corrected chi connectivity index (χ3v) is 10.3. The Morgan fingerprint density at radius 2 is 1.73 bits per heavy atom. The molecule has 3 aromatic rings. The number of halogens is 1. The smallest absolute Gasteiger partial charge is 0.340 e. The molecule has 4 nitrogen and oxygen atoms in total. The van der Waals surface area contributed by atoms with Gasteiger partial charge in [0.2, 0.25) is 0 Å². The quantitative estimate of drug-likeness (QED) is 0.335. The first-order valence-corrected chi connectivity index (χ1v) is 13.1. The number of carbonyl (C=O) groups excluding carboxylic acids is 1. The van der Waals surface area contributed by atoms with Crippen LogP contribution >= 0.6 is 0 Å². The van der Waals surface area contributed by atoms with Gasteiger partial charge in [0.15, 0.2) is 8.32 Å². The van der Waals surface area contributed by atoms with E-state index in [2.05, 4.69) is 33.9 Å². The van der Waals surface area contributed by atoms with Crippen LogP contribution in [0.15, 0.2) is 48.8 Å². The summed E-state index contributed by atoms with van der Waals surface area (Å²) in [5.41, 5.74) is 3.87. The molecule has 0 aliphatic carbocycles. The lowest BCUT2D eigenvalue weighted by Gasteiger charge is -2.36. The van der Waals surface area contributed by atoms with E-state index in [9.17, 15) is 9.18 Å². The van der Waals surface area contributed by atoms with Gasteiger partial charge in [-0.25, -0.2) is 9.18 Å². The highest BCUT2D eigenvalue weighted by Crippen LogP contribution is 2.37. The van der Waals surface area contributed by atoms with Gasteiger partial charge in [-0.15, -0.1) is 0 Å². The van der Waals surface area contributed by atoms with Crippen LogP contribution < -0.4 is 0 Å². The van der Waals surface area contributed by atoms with Crippen LogP contribution in [-0.4, -0.2) is 25.3 Å². The molecule has 0 saturated carbocycles. The minimum atomic E-state index is -1.87. The molecule has 1 aromatic carbocycles. The Labute approximate surface area is 178 Å². The Hall–Kier alpha value is -2.44. The number of aromatic nitrogens is 1. The highest BCUT2D eigenvalue weighted by atomic mass is 28.4. The average Bonchev–Trinajstić information content (AvgIpc) is 3.05. The second kappa shape index (κ2) is 8.36. The van der Waals surface area contributed by atoms with E-state index < -0.39 is 8.32 Å². The van der Waals surface area contributed by atoms with Crippen molar-refractivity contribution < 1.29 is 18.3 Å². The summed E-state index contributed by atoms with van der Waals surface area (Å²) in [6.45, 7) is 13.7. The van der Waals surface area contributed by atoms with Gasteiger partial charge in [-0.2, -0.15) is 0 Å². The van der Waals surface area contributed by atoms with Crippen molar-refractivity contribution in [2.24, 2.45) is 0 Å². The largest absolute Gasteiger partial charge is 0.462 e. The Kier molecular flexibility index (Phi) is 6.20. The second-order valence-corrected chi connectivity index (χ2v) is 13.8.